The summed E-state index contributed by atoms with van der Waals surface area (Å²) in [5, 5.41) is 3.82. The molecule has 1 aromatic rings. The number of aromatic nitrogens is 1. The van der Waals surface area contributed by atoms with Gasteiger partial charge in [0.15, 0.2) is 0 Å². The number of ether oxygens (including phenoxy) is 1. The number of nitrogens with zero attached hydrogens (tertiary/aromatic N) is 2. The number of hydrogen-bond donors (Lipinski definition) is 1. The Morgan fingerprint density at radius 2 is 1.88 bits per heavy atom. The Bertz CT molecular complexity index is 570. The molecule has 0 aromatic carbocycles. The molecule has 3 heterocycles. The smallest absolute Gasteiger partial charge is 0.410 e. The van der Waals surface area contributed by atoms with E-state index < -0.39 is 5.60 Å². The molecule has 0 aliphatic carbocycles. The summed E-state index contributed by atoms with van der Waals surface area (Å²) in [7, 11) is 0. The molecule has 0 spiro atoms. The summed E-state index contributed by atoms with van der Waals surface area (Å²) in [6, 6.07) is 5.59. The van der Waals surface area contributed by atoms with Crippen LogP contribution in [0.15, 0.2) is 24.5 Å². The van der Waals surface area contributed by atoms with Crippen molar-refractivity contribution < 1.29 is 9.53 Å². The maximum atomic E-state index is 12.6. The second-order valence-corrected chi connectivity index (χ2v) is 8.35. The first kappa shape index (κ1) is 18.2. The first-order valence-corrected chi connectivity index (χ1v) is 9.54. The zero-order valence-corrected chi connectivity index (χ0v) is 15.9. The third kappa shape index (κ3) is 4.32. The van der Waals surface area contributed by atoms with E-state index in [4.69, 9.17) is 4.74 Å². The molecule has 1 N–H and O–H groups in total. The van der Waals surface area contributed by atoms with Crippen LogP contribution in [0.25, 0.3) is 0 Å². The molecule has 1 aromatic heterocycles. The van der Waals surface area contributed by atoms with Gasteiger partial charge < -0.3 is 15.0 Å². The molecule has 3 atom stereocenters. The van der Waals surface area contributed by atoms with Crippen molar-refractivity contribution in [2.75, 3.05) is 0 Å². The van der Waals surface area contributed by atoms with E-state index in [1.165, 1.54) is 5.56 Å². The van der Waals surface area contributed by atoms with Gasteiger partial charge in [0.1, 0.15) is 5.60 Å². The molecule has 3 unspecified atom stereocenters. The van der Waals surface area contributed by atoms with Crippen LogP contribution in [0.1, 0.15) is 71.4 Å². The number of amides is 1. The zero-order chi connectivity index (χ0) is 18.0. The van der Waals surface area contributed by atoms with E-state index in [1.54, 1.807) is 0 Å². The number of carbonyl (C=O) groups excluding carboxylic acids is 1. The first-order valence-electron chi connectivity index (χ1n) is 9.54. The summed E-state index contributed by atoms with van der Waals surface area (Å²) in [6.07, 6.45) is 8.82. The average Bonchev–Trinajstić information content (AvgIpc) is 2.83. The third-order valence-corrected chi connectivity index (χ3v) is 5.29. The minimum absolute atomic E-state index is 0.139. The second-order valence-electron chi connectivity index (χ2n) is 8.35. The lowest BCUT2D eigenvalue weighted by molar-refractivity contribution is 0.00423. The summed E-state index contributed by atoms with van der Waals surface area (Å²) in [6.45, 7) is 8.01. The number of rotatable bonds is 4. The van der Waals surface area contributed by atoms with Gasteiger partial charge in [-0.2, -0.15) is 0 Å². The summed E-state index contributed by atoms with van der Waals surface area (Å²) < 4.78 is 5.62. The quantitative estimate of drug-likeness (QED) is 0.894. The minimum atomic E-state index is -0.430. The molecule has 2 aliphatic heterocycles. The molecule has 1 amide bonds. The van der Waals surface area contributed by atoms with E-state index in [-0.39, 0.29) is 6.09 Å². The van der Waals surface area contributed by atoms with E-state index in [2.05, 4.69) is 29.4 Å². The predicted molar refractivity (Wildman–Crippen MR) is 98.3 cm³/mol. The lowest BCUT2D eigenvalue weighted by Crippen LogP contribution is -2.53. The Balaban J connectivity index is 1.62. The Hall–Kier alpha value is -1.62. The Kier molecular flexibility index (Phi) is 5.32. The van der Waals surface area contributed by atoms with Crippen LogP contribution in [0.4, 0.5) is 4.79 Å². The molecule has 138 valence electrons. The molecule has 0 saturated carbocycles. The van der Waals surface area contributed by atoms with Crippen LogP contribution in [0.5, 0.6) is 0 Å². The van der Waals surface area contributed by atoms with Gasteiger partial charge in [0.25, 0.3) is 0 Å². The van der Waals surface area contributed by atoms with Gasteiger partial charge in [-0.15, -0.1) is 0 Å². The highest BCUT2D eigenvalue weighted by atomic mass is 16.6. The fourth-order valence-electron chi connectivity index (χ4n) is 4.26. The van der Waals surface area contributed by atoms with Crippen LogP contribution in [-0.4, -0.2) is 39.7 Å². The standard InChI is InChI=1S/C20H31N3O2/c1-5-18(14-8-10-21-11-9-14)22-15-12-16-6-7-17(13-15)23(16)19(24)25-20(2,3)4/h8-11,15-18,22H,5-7,12-13H2,1-4H3. The highest BCUT2D eigenvalue weighted by Gasteiger charge is 2.45. The molecule has 5 heteroatoms. The number of nitrogens with one attached hydrogen (secondary N) is 1. The Labute approximate surface area is 151 Å². The second kappa shape index (κ2) is 7.32. The van der Waals surface area contributed by atoms with Crippen molar-refractivity contribution in [3.63, 3.8) is 0 Å². The molecule has 5 nitrogen and oxygen atoms in total. The zero-order valence-electron chi connectivity index (χ0n) is 15.9. The molecule has 0 radical (unpaired) electrons. The molecule has 2 aliphatic rings. The van der Waals surface area contributed by atoms with Crippen molar-refractivity contribution in [3.05, 3.63) is 30.1 Å². The molecule has 2 saturated heterocycles. The van der Waals surface area contributed by atoms with Crippen molar-refractivity contribution >= 4 is 6.09 Å². The van der Waals surface area contributed by atoms with Gasteiger partial charge in [0.2, 0.25) is 0 Å². The summed E-state index contributed by atoms with van der Waals surface area (Å²) >= 11 is 0. The van der Waals surface area contributed by atoms with Gasteiger partial charge in [0, 0.05) is 36.6 Å². The molecular weight excluding hydrogens is 314 g/mol. The van der Waals surface area contributed by atoms with Crippen molar-refractivity contribution in [2.24, 2.45) is 0 Å². The topological polar surface area (TPSA) is 54.5 Å². The summed E-state index contributed by atoms with van der Waals surface area (Å²) in [5.74, 6) is 0. The van der Waals surface area contributed by atoms with E-state index >= 15 is 0 Å². The van der Waals surface area contributed by atoms with Crippen LogP contribution in [0.2, 0.25) is 0 Å². The minimum Gasteiger partial charge on any atom is -0.444 e. The van der Waals surface area contributed by atoms with Crippen molar-refractivity contribution in [3.8, 4) is 0 Å². The van der Waals surface area contributed by atoms with Crippen LogP contribution >= 0.6 is 0 Å². The van der Waals surface area contributed by atoms with E-state index in [0.29, 0.717) is 24.2 Å². The monoisotopic (exact) mass is 345 g/mol. The first-order chi connectivity index (χ1) is 11.9. The van der Waals surface area contributed by atoms with Crippen molar-refractivity contribution in [2.45, 2.75) is 89.6 Å². The van der Waals surface area contributed by atoms with E-state index in [9.17, 15) is 4.79 Å². The van der Waals surface area contributed by atoms with Crippen LogP contribution < -0.4 is 5.32 Å². The van der Waals surface area contributed by atoms with Crippen molar-refractivity contribution in [1.29, 1.82) is 0 Å². The Morgan fingerprint density at radius 3 is 2.40 bits per heavy atom. The number of piperidine rings is 1. The number of carbonyl (C=O) groups is 1. The summed E-state index contributed by atoms with van der Waals surface area (Å²) in [5.41, 5.74) is 0.861. The van der Waals surface area contributed by atoms with E-state index in [1.807, 2.05) is 38.1 Å². The normalized spacial score (nSPS) is 27.2. The maximum absolute atomic E-state index is 12.6. The average molecular weight is 345 g/mol. The number of hydrogen-bond acceptors (Lipinski definition) is 4. The highest BCUT2D eigenvalue weighted by Crippen LogP contribution is 2.37. The van der Waals surface area contributed by atoms with Gasteiger partial charge in [-0.25, -0.2) is 4.79 Å². The van der Waals surface area contributed by atoms with Gasteiger partial charge in [-0.05, 0) is 70.6 Å². The third-order valence-electron chi connectivity index (χ3n) is 5.29. The molecule has 2 fully saturated rings. The SMILES string of the molecule is CCC(NC1CC2CCC(C1)N2C(=O)OC(C)(C)C)c1ccncc1. The Morgan fingerprint density at radius 1 is 1.28 bits per heavy atom. The lowest BCUT2D eigenvalue weighted by Gasteiger charge is -2.40. The highest BCUT2D eigenvalue weighted by molar-refractivity contribution is 5.69. The largest absolute Gasteiger partial charge is 0.444 e. The molecular formula is C20H31N3O2. The number of pyridine rings is 1. The molecule has 3 rings (SSSR count). The number of fused-ring (bicyclic) bond motifs is 2. The molecule has 2 bridgehead atoms. The molecule has 25 heavy (non-hydrogen) atoms. The fourth-order valence-corrected chi connectivity index (χ4v) is 4.26. The maximum Gasteiger partial charge on any atom is 0.410 e. The summed E-state index contributed by atoms with van der Waals surface area (Å²) in [4.78, 5) is 18.7. The fraction of sp³-hybridized carbons (Fsp3) is 0.700. The van der Waals surface area contributed by atoms with Gasteiger partial charge in [-0.3, -0.25) is 4.98 Å². The lowest BCUT2D eigenvalue weighted by atomic mass is 9.95. The van der Waals surface area contributed by atoms with Crippen molar-refractivity contribution in [1.82, 2.24) is 15.2 Å². The van der Waals surface area contributed by atoms with Crippen LogP contribution in [0, 0.1) is 0 Å². The van der Waals surface area contributed by atoms with Crippen LogP contribution in [-0.2, 0) is 4.74 Å². The van der Waals surface area contributed by atoms with Gasteiger partial charge >= 0.3 is 6.09 Å². The van der Waals surface area contributed by atoms with Gasteiger partial charge in [-0.1, -0.05) is 6.92 Å². The van der Waals surface area contributed by atoms with Gasteiger partial charge in [0.05, 0.1) is 0 Å². The predicted octanol–water partition coefficient (Wildman–Crippen LogP) is 4.05. The van der Waals surface area contributed by atoms with Crippen LogP contribution in [0.3, 0.4) is 0 Å². The van der Waals surface area contributed by atoms with E-state index in [0.717, 1.165) is 32.1 Å².